The van der Waals surface area contributed by atoms with Crippen LogP contribution in [0.3, 0.4) is 0 Å². The Balaban J connectivity index is 1.94. The summed E-state index contributed by atoms with van der Waals surface area (Å²) in [4.78, 5) is 19.8. The van der Waals surface area contributed by atoms with Gasteiger partial charge in [-0.2, -0.15) is 4.99 Å². The van der Waals surface area contributed by atoms with Gasteiger partial charge in [0.2, 0.25) is 6.08 Å². The summed E-state index contributed by atoms with van der Waals surface area (Å²) in [6.45, 7) is 1.19. The molecule has 1 unspecified atom stereocenters. The standard InChI is InChI=1S/C15H17N3O/c1-18-6-2-3-13(18)7-11-9-16-15-5-4-12(17-10-19)8-14(11)15/h4-5,8-9,13,16H,2-3,6-7H2,1H3. The van der Waals surface area contributed by atoms with Crippen molar-refractivity contribution >= 4 is 22.7 Å². The molecule has 0 aliphatic carbocycles. The number of isocyanates is 1. The van der Waals surface area contributed by atoms with Gasteiger partial charge in [-0.05, 0) is 56.6 Å². The second kappa shape index (κ2) is 5.00. The number of rotatable bonds is 3. The van der Waals surface area contributed by atoms with E-state index in [0.29, 0.717) is 11.7 Å². The van der Waals surface area contributed by atoms with Crippen molar-refractivity contribution in [2.24, 2.45) is 4.99 Å². The summed E-state index contributed by atoms with van der Waals surface area (Å²) in [5.74, 6) is 0. The van der Waals surface area contributed by atoms with Crippen LogP contribution in [-0.2, 0) is 11.2 Å². The molecule has 0 saturated carbocycles. The van der Waals surface area contributed by atoms with Crippen LogP contribution >= 0.6 is 0 Å². The Hall–Kier alpha value is -1.90. The quantitative estimate of drug-likeness (QED) is 0.677. The molecule has 0 spiro atoms. The van der Waals surface area contributed by atoms with Crippen molar-refractivity contribution in [2.75, 3.05) is 13.6 Å². The first kappa shape index (κ1) is 12.2. The lowest BCUT2D eigenvalue weighted by Crippen LogP contribution is -2.26. The summed E-state index contributed by atoms with van der Waals surface area (Å²) in [6.07, 6.45) is 7.26. The van der Waals surface area contributed by atoms with Gasteiger partial charge in [-0.1, -0.05) is 0 Å². The van der Waals surface area contributed by atoms with Crippen LogP contribution in [0.2, 0.25) is 0 Å². The molecule has 1 atom stereocenters. The number of nitrogens with zero attached hydrogens (tertiary/aromatic N) is 2. The van der Waals surface area contributed by atoms with Crippen LogP contribution in [0.4, 0.5) is 5.69 Å². The van der Waals surface area contributed by atoms with Gasteiger partial charge in [0.1, 0.15) is 0 Å². The molecule has 1 aromatic heterocycles. The van der Waals surface area contributed by atoms with Gasteiger partial charge in [0.05, 0.1) is 5.69 Å². The highest BCUT2D eigenvalue weighted by molar-refractivity contribution is 5.86. The Morgan fingerprint density at radius 3 is 3.16 bits per heavy atom. The fourth-order valence-corrected chi connectivity index (χ4v) is 2.95. The normalized spacial score (nSPS) is 19.7. The predicted molar refractivity (Wildman–Crippen MR) is 75.4 cm³/mol. The lowest BCUT2D eigenvalue weighted by atomic mass is 10.0. The molecule has 2 aromatic rings. The number of hydrogen-bond donors (Lipinski definition) is 1. The van der Waals surface area contributed by atoms with Crippen molar-refractivity contribution in [3.8, 4) is 0 Å². The van der Waals surface area contributed by atoms with Gasteiger partial charge in [0.15, 0.2) is 0 Å². The van der Waals surface area contributed by atoms with Crippen LogP contribution in [0.15, 0.2) is 29.4 Å². The Kier molecular flexibility index (Phi) is 3.20. The van der Waals surface area contributed by atoms with E-state index in [1.807, 2.05) is 18.2 Å². The molecule has 4 heteroatoms. The van der Waals surface area contributed by atoms with Crippen LogP contribution in [0.5, 0.6) is 0 Å². The Bertz CT molecular complexity index is 640. The van der Waals surface area contributed by atoms with E-state index in [2.05, 4.69) is 28.1 Å². The highest BCUT2D eigenvalue weighted by Crippen LogP contribution is 2.27. The third kappa shape index (κ3) is 2.33. The van der Waals surface area contributed by atoms with E-state index in [9.17, 15) is 4.79 Å². The molecule has 1 saturated heterocycles. The maximum Gasteiger partial charge on any atom is 0.240 e. The van der Waals surface area contributed by atoms with E-state index >= 15 is 0 Å². The molecule has 0 bridgehead atoms. The van der Waals surface area contributed by atoms with Gasteiger partial charge in [-0.25, -0.2) is 4.79 Å². The number of fused-ring (bicyclic) bond motifs is 1. The molecule has 3 rings (SSSR count). The third-order valence-corrected chi connectivity index (χ3v) is 4.05. The fourth-order valence-electron chi connectivity index (χ4n) is 2.95. The molecule has 1 aliphatic rings. The van der Waals surface area contributed by atoms with Crippen LogP contribution in [-0.4, -0.2) is 35.6 Å². The summed E-state index contributed by atoms with van der Waals surface area (Å²) in [6, 6.07) is 6.38. The Labute approximate surface area is 112 Å². The lowest BCUT2D eigenvalue weighted by molar-refractivity contribution is 0.310. The second-order valence-corrected chi connectivity index (χ2v) is 5.23. The fraction of sp³-hybridized carbons (Fsp3) is 0.400. The highest BCUT2D eigenvalue weighted by atomic mass is 16.1. The molecule has 4 nitrogen and oxygen atoms in total. The monoisotopic (exact) mass is 255 g/mol. The van der Waals surface area contributed by atoms with Gasteiger partial charge in [-0.3, -0.25) is 0 Å². The number of aromatic amines is 1. The third-order valence-electron chi connectivity index (χ3n) is 4.05. The number of nitrogens with one attached hydrogen (secondary N) is 1. The van der Waals surface area contributed by atoms with E-state index < -0.39 is 0 Å². The molecule has 98 valence electrons. The van der Waals surface area contributed by atoms with Crippen LogP contribution < -0.4 is 0 Å². The first-order valence-electron chi connectivity index (χ1n) is 6.66. The number of likely N-dealkylation sites (tertiary alicyclic amines) is 1. The molecule has 1 aromatic carbocycles. The van der Waals surface area contributed by atoms with Crippen LogP contribution in [0, 0.1) is 0 Å². The van der Waals surface area contributed by atoms with Crippen molar-refractivity contribution in [2.45, 2.75) is 25.3 Å². The van der Waals surface area contributed by atoms with Gasteiger partial charge in [0, 0.05) is 23.1 Å². The summed E-state index contributed by atoms with van der Waals surface area (Å²) in [7, 11) is 2.19. The average molecular weight is 255 g/mol. The van der Waals surface area contributed by atoms with E-state index in [1.165, 1.54) is 24.9 Å². The van der Waals surface area contributed by atoms with E-state index in [4.69, 9.17) is 0 Å². The molecule has 0 amide bonds. The van der Waals surface area contributed by atoms with Crippen molar-refractivity contribution in [3.63, 3.8) is 0 Å². The summed E-state index contributed by atoms with van der Waals surface area (Å²) in [5, 5.41) is 1.16. The van der Waals surface area contributed by atoms with Crippen molar-refractivity contribution in [1.82, 2.24) is 9.88 Å². The lowest BCUT2D eigenvalue weighted by Gasteiger charge is -2.18. The minimum absolute atomic E-state index is 0.622. The van der Waals surface area contributed by atoms with E-state index in [1.54, 1.807) is 6.08 Å². The molecular formula is C15H17N3O. The second-order valence-electron chi connectivity index (χ2n) is 5.23. The Morgan fingerprint density at radius 1 is 1.53 bits per heavy atom. The SMILES string of the molecule is CN1CCCC1Cc1c[nH]c2ccc(N=C=O)cc12. The zero-order chi connectivity index (χ0) is 13.2. The van der Waals surface area contributed by atoms with Crippen molar-refractivity contribution < 1.29 is 4.79 Å². The average Bonchev–Trinajstić information content (AvgIpc) is 2.98. The smallest absolute Gasteiger partial charge is 0.240 e. The van der Waals surface area contributed by atoms with E-state index in [0.717, 1.165) is 17.3 Å². The topological polar surface area (TPSA) is 48.5 Å². The summed E-state index contributed by atoms with van der Waals surface area (Å²) < 4.78 is 0. The van der Waals surface area contributed by atoms with Crippen LogP contribution in [0.25, 0.3) is 10.9 Å². The first-order valence-corrected chi connectivity index (χ1v) is 6.66. The van der Waals surface area contributed by atoms with Gasteiger partial charge in [0.25, 0.3) is 0 Å². The van der Waals surface area contributed by atoms with Crippen LogP contribution in [0.1, 0.15) is 18.4 Å². The Morgan fingerprint density at radius 2 is 2.42 bits per heavy atom. The molecular weight excluding hydrogens is 238 g/mol. The first-order chi connectivity index (χ1) is 9.28. The molecule has 1 N–H and O–H groups in total. The molecule has 0 radical (unpaired) electrons. The molecule has 19 heavy (non-hydrogen) atoms. The number of aliphatic imine (C=N–C) groups is 1. The maximum atomic E-state index is 10.3. The summed E-state index contributed by atoms with van der Waals surface area (Å²) in [5.41, 5.74) is 3.07. The predicted octanol–water partition coefficient (Wildman–Crippen LogP) is 2.77. The zero-order valence-corrected chi connectivity index (χ0v) is 11.0. The van der Waals surface area contributed by atoms with Gasteiger partial charge in [-0.15, -0.1) is 0 Å². The molecule has 2 heterocycles. The number of hydrogen-bond acceptors (Lipinski definition) is 3. The largest absolute Gasteiger partial charge is 0.361 e. The highest BCUT2D eigenvalue weighted by Gasteiger charge is 2.22. The summed E-state index contributed by atoms with van der Waals surface area (Å²) >= 11 is 0. The van der Waals surface area contributed by atoms with Crippen molar-refractivity contribution in [1.29, 1.82) is 0 Å². The zero-order valence-electron chi connectivity index (χ0n) is 11.0. The number of likely N-dealkylation sites (N-methyl/N-ethyl adjacent to an activating group) is 1. The molecule has 1 aliphatic heterocycles. The van der Waals surface area contributed by atoms with Gasteiger partial charge >= 0.3 is 0 Å². The number of carbonyl (C=O) groups excluding carboxylic acids is 1. The minimum Gasteiger partial charge on any atom is -0.361 e. The van der Waals surface area contributed by atoms with E-state index in [-0.39, 0.29) is 0 Å². The van der Waals surface area contributed by atoms with Crippen molar-refractivity contribution in [3.05, 3.63) is 30.0 Å². The number of H-pyrrole nitrogens is 1. The minimum atomic E-state index is 0.622. The van der Waals surface area contributed by atoms with Gasteiger partial charge < -0.3 is 9.88 Å². The number of aromatic nitrogens is 1. The number of benzene rings is 1. The maximum absolute atomic E-state index is 10.3. The molecule has 1 fully saturated rings.